The van der Waals surface area contributed by atoms with Gasteiger partial charge < -0.3 is 13.8 Å². The van der Waals surface area contributed by atoms with Crippen LogP contribution in [0.5, 0.6) is 0 Å². The number of methoxy groups -OCH3 is 1. The second-order valence-corrected chi connectivity index (χ2v) is 8.97. The van der Waals surface area contributed by atoms with E-state index in [0.29, 0.717) is 39.6 Å². The lowest BCUT2D eigenvalue weighted by Gasteiger charge is -2.17. The summed E-state index contributed by atoms with van der Waals surface area (Å²) in [4.78, 5) is 12.1. The molecule has 8 heteroatoms. The lowest BCUT2D eigenvalue weighted by atomic mass is 9.97. The van der Waals surface area contributed by atoms with Gasteiger partial charge in [0.25, 0.3) is 0 Å². The highest BCUT2D eigenvalue weighted by molar-refractivity contribution is 7.91. The van der Waals surface area contributed by atoms with E-state index in [1.807, 2.05) is 20.8 Å². The molecule has 1 aromatic heterocycles. The van der Waals surface area contributed by atoms with Crippen molar-refractivity contribution in [2.24, 2.45) is 4.40 Å². The van der Waals surface area contributed by atoms with E-state index < -0.39 is 22.1 Å². The average molecular weight is 397 g/mol. The van der Waals surface area contributed by atoms with Crippen LogP contribution in [0.4, 0.5) is 0 Å². The van der Waals surface area contributed by atoms with Gasteiger partial charge in [-0.2, -0.15) is 0 Å². The van der Waals surface area contributed by atoms with E-state index in [4.69, 9.17) is 20.9 Å². The first kappa shape index (κ1) is 20.5. The van der Waals surface area contributed by atoms with Crippen molar-refractivity contribution in [1.29, 1.82) is 0 Å². The molecule has 0 aliphatic rings. The maximum atomic E-state index is 12.1. The molecule has 0 amide bonds. The molecule has 26 heavy (non-hydrogen) atoms. The van der Waals surface area contributed by atoms with E-state index in [1.165, 1.54) is 7.11 Å². The van der Waals surface area contributed by atoms with Crippen molar-refractivity contribution in [1.82, 2.24) is 5.16 Å². The molecule has 2 rings (SSSR count). The summed E-state index contributed by atoms with van der Waals surface area (Å²) in [6, 6.07) is 4.95. The molecule has 1 aromatic carbocycles. The Labute approximate surface area is 160 Å². The van der Waals surface area contributed by atoms with Crippen LogP contribution < -0.4 is 0 Å². The molecule has 0 fully saturated rings. The third-order valence-corrected chi connectivity index (χ3v) is 5.18. The van der Waals surface area contributed by atoms with E-state index in [-0.39, 0.29) is 0 Å². The average Bonchev–Trinajstić information content (AvgIpc) is 2.93. The molecule has 6 nitrogen and oxygen atoms in total. The fraction of sp³-hybridized carbons (Fsp3) is 0.389. The summed E-state index contributed by atoms with van der Waals surface area (Å²) in [6.45, 7) is 7.32. The number of halogens is 1. The van der Waals surface area contributed by atoms with E-state index >= 15 is 0 Å². The molecule has 0 aliphatic heterocycles. The van der Waals surface area contributed by atoms with Gasteiger partial charge in [0.1, 0.15) is 21.9 Å². The maximum absolute atomic E-state index is 12.1. The Morgan fingerprint density at radius 2 is 2.15 bits per heavy atom. The number of ether oxygens (including phenoxy) is 1. The summed E-state index contributed by atoms with van der Waals surface area (Å²) in [5.41, 5.74) is 2.23. The molecule has 1 heterocycles. The first-order chi connectivity index (χ1) is 12.1. The summed E-state index contributed by atoms with van der Waals surface area (Å²) < 4.78 is 25.9. The highest BCUT2D eigenvalue weighted by Gasteiger charge is 2.26. The van der Waals surface area contributed by atoms with Crippen molar-refractivity contribution in [3.63, 3.8) is 0 Å². The molecule has 0 radical (unpaired) electrons. The first-order valence-corrected chi connectivity index (χ1v) is 9.41. The number of aromatic nitrogens is 1. The molecule has 140 valence electrons. The third-order valence-electron chi connectivity index (χ3n) is 3.56. The van der Waals surface area contributed by atoms with Crippen LogP contribution in [0.1, 0.15) is 42.6 Å². The summed E-state index contributed by atoms with van der Waals surface area (Å²) in [6.07, 6.45) is 1.83. The van der Waals surface area contributed by atoms with E-state index in [2.05, 4.69) is 9.55 Å². The van der Waals surface area contributed by atoms with Crippen LogP contribution in [0.2, 0.25) is 5.02 Å². The van der Waals surface area contributed by atoms with Gasteiger partial charge in [0.05, 0.1) is 24.6 Å². The number of hydrogen-bond donors (Lipinski definition) is 0. The van der Waals surface area contributed by atoms with Gasteiger partial charge >= 0.3 is 5.97 Å². The minimum absolute atomic E-state index is 0.293. The summed E-state index contributed by atoms with van der Waals surface area (Å²) in [5, 5.41) is 4.41. The molecular weight excluding hydrogens is 376 g/mol. The number of carbonyl (C=O) groups excluding carboxylic acids is 1. The van der Waals surface area contributed by atoms with Crippen LogP contribution in [0, 0.1) is 6.92 Å². The van der Waals surface area contributed by atoms with Gasteiger partial charge in [0.2, 0.25) is 0 Å². The largest absolute Gasteiger partial charge is 0.591 e. The van der Waals surface area contributed by atoms with Crippen molar-refractivity contribution in [3.05, 3.63) is 40.2 Å². The molecule has 1 atom stereocenters. The molecule has 0 N–H and O–H groups in total. The standard InChI is InChI=1S/C18H21ClN2O4S/c1-11-16(13-7-6-12(19)10-14(13)17(22)24-5)15(25-21-11)8-9-20-26(23)18(2,3)4/h6-7,9-10H,8H2,1-5H3/b20-9+. The zero-order chi connectivity index (χ0) is 19.5. The molecule has 0 bridgehead atoms. The minimum atomic E-state index is -1.36. The minimum Gasteiger partial charge on any atom is -0.591 e. The van der Waals surface area contributed by atoms with Gasteiger partial charge in [-0.15, -0.1) is 0 Å². The van der Waals surface area contributed by atoms with Crippen LogP contribution >= 0.6 is 11.6 Å². The van der Waals surface area contributed by atoms with Crippen LogP contribution in [-0.4, -0.2) is 33.8 Å². The predicted octanol–water partition coefficient (Wildman–Crippen LogP) is 4.17. The van der Waals surface area contributed by atoms with Crippen molar-refractivity contribution in [3.8, 4) is 11.1 Å². The zero-order valence-electron chi connectivity index (χ0n) is 15.3. The zero-order valence-corrected chi connectivity index (χ0v) is 16.9. The SMILES string of the molecule is COC(=O)c1cc(Cl)ccc1-c1c(C)noc1C/C=N/[S+]([O-])C(C)(C)C. The summed E-state index contributed by atoms with van der Waals surface area (Å²) >= 11 is 4.66. The van der Waals surface area contributed by atoms with Gasteiger partial charge in [-0.25, -0.2) is 4.79 Å². The number of benzene rings is 1. The Bertz CT molecular complexity index is 827. The second-order valence-electron chi connectivity index (χ2n) is 6.60. The highest BCUT2D eigenvalue weighted by atomic mass is 35.5. The quantitative estimate of drug-likeness (QED) is 0.430. The Kier molecular flexibility index (Phi) is 6.49. The smallest absolute Gasteiger partial charge is 0.338 e. The van der Waals surface area contributed by atoms with Gasteiger partial charge in [-0.3, -0.25) is 0 Å². The van der Waals surface area contributed by atoms with E-state index in [1.54, 1.807) is 31.3 Å². The van der Waals surface area contributed by atoms with E-state index in [0.717, 1.165) is 0 Å². The Morgan fingerprint density at radius 3 is 2.77 bits per heavy atom. The fourth-order valence-corrected chi connectivity index (χ4v) is 2.96. The third kappa shape index (κ3) is 4.66. The van der Waals surface area contributed by atoms with Crippen LogP contribution in [0.25, 0.3) is 11.1 Å². The van der Waals surface area contributed by atoms with Crippen LogP contribution in [0.3, 0.4) is 0 Å². The molecular formula is C18H21ClN2O4S. The Balaban J connectivity index is 2.40. The summed E-state index contributed by atoms with van der Waals surface area (Å²) in [5.74, 6) is 0.0150. The lowest BCUT2D eigenvalue weighted by Crippen LogP contribution is -2.25. The molecule has 1 unspecified atom stereocenters. The van der Waals surface area contributed by atoms with Crippen molar-refractivity contribution < 1.29 is 18.6 Å². The van der Waals surface area contributed by atoms with Gasteiger partial charge in [0, 0.05) is 22.6 Å². The number of rotatable bonds is 5. The Hall–Kier alpha value is -1.83. The molecule has 0 saturated heterocycles. The van der Waals surface area contributed by atoms with Gasteiger partial charge in [-0.05, 0) is 39.8 Å². The van der Waals surface area contributed by atoms with Crippen LogP contribution in [-0.2, 0) is 22.5 Å². The molecule has 2 aromatic rings. The normalized spacial score (nSPS) is 13.2. The Morgan fingerprint density at radius 1 is 1.46 bits per heavy atom. The lowest BCUT2D eigenvalue weighted by molar-refractivity contribution is 0.0601. The molecule has 0 aliphatic carbocycles. The van der Waals surface area contributed by atoms with Crippen LogP contribution in [0.15, 0.2) is 27.1 Å². The van der Waals surface area contributed by atoms with E-state index in [9.17, 15) is 9.35 Å². The topological polar surface area (TPSA) is 87.8 Å². The summed E-state index contributed by atoms with van der Waals surface area (Å²) in [7, 11) is 1.31. The number of nitrogens with zero attached hydrogens (tertiary/aromatic N) is 2. The second kappa shape index (κ2) is 8.24. The number of carbonyl (C=O) groups is 1. The monoisotopic (exact) mass is 396 g/mol. The number of aryl methyl sites for hydroxylation is 1. The predicted molar refractivity (Wildman–Crippen MR) is 103 cm³/mol. The molecule has 0 saturated carbocycles. The first-order valence-electron chi connectivity index (χ1n) is 7.93. The van der Waals surface area contributed by atoms with Gasteiger partial charge in [-0.1, -0.05) is 27.2 Å². The van der Waals surface area contributed by atoms with Crippen molar-refractivity contribution >= 4 is 35.1 Å². The number of hydrogen-bond acceptors (Lipinski definition) is 6. The van der Waals surface area contributed by atoms with Crippen molar-refractivity contribution in [2.45, 2.75) is 38.9 Å². The fourth-order valence-electron chi connectivity index (χ4n) is 2.26. The van der Waals surface area contributed by atoms with Crippen molar-refractivity contribution in [2.75, 3.05) is 7.11 Å². The van der Waals surface area contributed by atoms with Gasteiger partial charge in [0.15, 0.2) is 0 Å². The maximum Gasteiger partial charge on any atom is 0.338 e. The molecule has 0 spiro atoms. The number of esters is 1. The highest BCUT2D eigenvalue weighted by Crippen LogP contribution is 2.32.